The number of imidazole rings is 1. The summed E-state index contributed by atoms with van der Waals surface area (Å²) in [6.45, 7) is 7.82. The van der Waals surface area contributed by atoms with E-state index in [1.807, 2.05) is 19.4 Å². The summed E-state index contributed by atoms with van der Waals surface area (Å²) >= 11 is 0. The minimum Gasteiger partial charge on any atom is -0.369 e. The minimum absolute atomic E-state index is 0.105. The monoisotopic (exact) mass is 292 g/mol. The molecule has 0 unspecified atom stereocenters. The molecular weight excluding hydrogens is 264 g/mol. The Hall–Kier alpha value is -0.910. The molecule has 0 bridgehead atoms. The topological polar surface area (TPSA) is 42.3 Å². The Morgan fingerprint density at radius 1 is 1.29 bits per heavy atom. The molecule has 3 heterocycles. The van der Waals surface area contributed by atoms with Crippen LogP contribution in [-0.4, -0.2) is 52.3 Å². The fourth-order valence-electron chi connectivity index (χ4n) is 3.55. The number of aromatic nitrogens is 2. The van der Waals surface area contributed by atoms with E-state index < -0.39 is 0 Å². The van der Waals surface area contributed by atoms with Crippen molar-refractivity contribution in [2.45, 2.75) is 57.3 Å². The molecule has 2 atom stereocenters. The highest BCUT2D eigenvalue weighted by Crippen LogP contribution is 2.29. The number of aryl methyl sites for hydroxylation is 1. The summed E-state index contributed by atoms with van der Waals surface area (Å²) in [7, 11) is 2.04. The number of hydrogen-bond donors (Lipinski definition) is 1. The van der Waals surface area contributed by atoms with Crippen molar-refractivity contribution in [3.8, 4) is 0 Å². The molecule has 1 aromatic heterocycles. The van der Waals surface area contributed by atoms with Gasteiger partial charge in [0.05, 0.1) is 0 Å². The molecule has 5 heteroatoms. The molecule has 118 valence electrons. The van der Waals surface area contributed by atoms with Crippen molar-refractivity contribution in [1.82, 2.24) is 19.8 Å². The first-order valence-electron chi connectivity index (χ1n) is 8.24. The number of nitrogens with zero attached hydrogens (tertiary/aromatic N) is 3. The summed E-state index contributed by atoms with van der Waals surface area (Å²) in [4.78, 5) is 7.04. The summed E-state index contributed by atoms with van der Waals surface area (Å²) in [5.41, 5.74) is 0. The van der Waals surface area contributed by atoms with Gasteiger partial charge in [0.2, 0.25) is 0 Å². The predicted molar refractivity (Wildman–Crippen MR) is 83.2 cm³/mol. The van der Waals surface area contributed by atoms with Crippen LogP contribution in [0.15, 0.2) is 12.4 Å². The zero-order chi connectivity index (χ0) is 14.8. The van der Waals surface area contributed by atoms with Gasteiger partial charge >= 0.3 is 0 Å². The third kappa shape index (κ3) is 3.30. The maximum absolute atomic E-state index is 5.94. The van der Waals surface area contributed by atoms with Crippen LogP contribution in [0.4, 0.5) is 0 Å². The fourth-order valence-corrected chi connectivity index (χ4v) is 3.55. The molecule has 2 aliphatic heterocycles. The largest absolute Gasteiger partial charge is 0.369 e. The highest BCUT2D eigenvalue weighted by molar-refractivity contribution is 5.03. The van der Waals surface area contributed by atoms with Crippen molar-refractivity contribution >= 4 is 0 Å². The molecule has 2 aliphatic rings. The van der Waals surface area contributed by atoms with Crippen LogP contribution in [0.3, 0.4) is 0 Å². The van der Waals surface area contributed by atoms with Gasteiger partial charge in [0.1, 0.15) is 11.9 Å². The normalized spacial score (nSPS) is 28.6. The van der Waals surface area contributed by atoms with E-state index in [1.165, 1.54) is 25.9 Å². The second-order valence-corrected chi connectivity index (χ2v) is 6.65. The number of nitrogens with one attached hydrogen (secondary N) is 1. The van der Waals surface area contributed by atoms with Crippen LogP contribution >= 0.6 is 0 Å². The smallest absolute Gasteiger partial charge is 0.139 e. The van der Waals surface area contributed by atoms with Gasteiger partial charge < -0.3 is 19.5 Å². The lowest BCUT2D eigenvalue weighted by molar-refractivity contribution is 0.0820. The molecule has 21 heavy (non-hydrogen) atoms. The molecule has 0 spiro atoms. The molecule has 0 saturated carbocycles. The number of ether oxygens (including phenoxy) is 1. The van der Waals surface area contributed by atoms with Crippen LogP contribution < -0.4 is 5.32 Å². The van der Waals surface area contributed by atoms with Crippen LogP contribution in [0, 0.1) is 0 Å². The summed E-state index contributed by atoms with van der Waals surface area (Å²) in [6, 6.07) is 1.69. The Bertz CT molecular complexity index is 451. The van der Waals surface area contributed by atoms with E-state index in [0.717, 1.165) is 18.9 Å². The van der Waals surface area contributed by atoms with E-state index in [1.54, 1.807) is 0 Å². The number of likely N-dealkylation sites (tertiary alicyclic amines) is 1. The lowest BCUT2D eigenvalue weighted by Gasteiger charge is -2.36. The number of piperidine rings is 1. The third-order valence-electron chi connectivity index (χ3n) is 4.91. The Morgan fingerprint density at radius 3 is 2.67 bits per heavy atom. The lowest BCUT2D eigenvalue weighted by atomic mass is 10.0. The Labute approximate surface area is 127 Å². The van der Waals surface area contributed by atoms with Crippen molar-refractivity contribution in [1.29, 1.82) is 0 Å². The van der Waals surface area contributed by atoms with Crippen molar-refractivity contribution in [3.05, 3.63) is 18.2 Å². The first-order valence-corrected chi connectivity index (χ1v) is 8.24. The highest BCUT2D eigenvalue weighted by Gasteiger charge is 2.34. The Morgan fingerprint density at radius 2 is 2.05 bits per heavy atom. The van der Waals surface area contributed by atoms with Crippen molar-refractivity contribution < 1.29 is 4.74 Å². The number of hydrogen-bond acceptors (Lipinski definition) is 4. The molecule has 3 rings (SSSR count). The van der Waals surface area contributed by atoms with Crippen molar-refractivity contribution in [2.24, 2.45) is 7.05 Å². The second-order valence-electron chi connectivity index (χ2n) is 6.65. The molecule has 2 fully saturated rings. The molecule has 5 nitrogen and oxygen atoms in total. The molecule has 1 aromatic rings. The second kappa shape index (κ2) is 6.46. The van der Waals surface area contributed by atoms with Gasteiger partial charge in [0, 0.05) is 44.2 Å². The van der Waals surface area contributed by atoms with Gasteiger partial charge in [0.15, 0.2) is 0 Å². The van der Waals surface area contributed by atoms with Gasteiger partial charge in [-0.1, -0.05) is 0 Å². The highest BCUT2D eigenvalue weighted by atomic mass is 16.5. The van der Waals surface area contributed by atoms with Crippen molar-refractivity contribution in [3.63, 3.8) is 0 Å². The van der Waals surface area contributed by atoms with Gasteiger partial charge in [-0.3, -0.25) is 0 Å². The van der Waals surface area contributed by atoms with Gasteiger partial charge in [-0.2, -0.15) is 0 Å². The van der Waals surface area contributed by atoms with Gasteiger partial charge in [0.25, 0.3) is 0 Å². The molecule has 0 radical (unpaired) electrons. The van der Waals surface area contributed by atoms with E-state index in [-0.39, 0.29) is 6.10 Å². The first kappa shape index (κ1) is 15.0. The lowest BCUT2D eigenvalue weighted by Crippen LogP contribution is -2.48. The first-order chi connectivity index (χ1) is 10.1. The van der Waals surface area contributed by atoms with E-state index in [2.05, 4.69) is 33.6 Å². The van der Waals surface area contributed by atoms with Crippen LogP contribution in [0.1, 0.15) is 45.0 Å². The van der Waals surface area contributed by atoms with Crippen LogP contribution in [-0.2, 0) is 11.8 Å². The van der Waals surface area contributed by atoms with Crippen LogP contribution in [0.5, 0.6) is 0 Å². The summed E-state index contributed by atoms with van der Waals surface area (Å²) in [5, 5.41) is 3.84. The fraction of sp³-hybridized carbons (Fsp3) is 0.812. The maximum atomic E-state index is 5.94. The average molecular weight is 292 g/mol. The molecule has 0 aliphatic carbocycles. The molecule has 0 amide bonds. The van der Waals surface area contributed by atoms with Gasteiger partial charge in [-0.25, -0.2) is 4.98 Å². The zero-order valence-corrected chi connectivity index (χ0v) is 13.5. The number of rotatable bonds is 4. The Kier molecular flexibility index (Phi) is 4.62. The SMILES string of the molecule is CC(C)N1CCC(N[C@H]2CCO[C@@H]2c2nccn2C)CC1. The van der Waals surface area contributed by atoms with Gasteiger partial charge in [-0.05, 0) is 46.2 Å². The molecule has 2 saturated heterocycles. The predicted octanol–water partition coefficient (Wildman–Crippen LogP) is 1.71. The molecule has 1 N–H and O–H groups in total. The Balaban J connectivity index is 1.57. The standard InChI is InChI=1S/C16H28N4O/c1-12(2)20-8-4-13(5-9-20)18-14-6-11-21-15(14)16-17-7-10-19(16)3/h7,10,12-15,18H,4-6,8-9,11H2,1-3H3/t14-,15-/m0/s1. The average Bonchev–Trinajstić information content (AvgIpc) is 3.08. The van der Waals surface area contributed by atoms with Crippen LogP contribution in [0.25, 0.3) is 0 Å². The summed E-state index contributed by atoms with van der Waals surface area (Å²) in [6.07, 6.45) is 7.52. The molecular formula is C16H28N4O. The van der Waals surface area contributed by atoms with E-state index in [0.29, 0.717) is 18.1 Å². The quantitative estimate of drug-likeness (QED) is 0.917. The summed E-state index contributed by atoms with van der Waals surface area (Å²) in [5.74, 6) is 1.05. The minimum atomic E-state index is 0.105. The maximum Gasteiger partial charge on any atom is 0.139 e. The van der Waals surface area contributed by atoms with Crippen molar-refractivity contribution in [2.75, 3.05) is 19.7 Å². The third-order valence-corrected chi connectivity index (χ3v) is 4.91. The summed E-state index contributed by atoms with van der Waals surface area (Å²) < 4.78 is 8.01. The van der Waals surface area contributed by atoms with Gasteiger partial charge in [-0.15, -0.1) is 0 Å². The van der Waals surface area contributed by atoms with E-state index >= 15 is 0 Å². The van der Waals surface area contributed by atoms with E-state index in [9.17, 15) is 0 Å². The zero-order valence-electron chi connectivity index (χ0n) is 13.5. The van der Waals surface area contributed by atoms with E-state index in [4.69, 9.17) is 4.74 Å². The molecule has 0 aromatic carbocycles. The van der Waals surface area contributed by atoms with Crippen LogP contribution in [0.2, 0.25) is 0 Å².